The molecule has 0 aliphatic heterocycles. The fourth-order valence-electron chi connectivity index (χ4n) is 3.57. The second-order valence-corrected chi connectivity index (χ2v) is 8.53. The van der Waals surface area contributed by atoms with Gasteiger partial charge in [-0.25, -0.2) is 0 Å². The van der Waals surface area contributed by atoms with E-state index in [9.17, 15) is 5.11 Å². The van der Waals surface area contributed by atoms with Crippen LogP contribution in [0.3, 0.4) is 0 Å². The van der Waals surface area contributed by atoms with Crippen LogP contribution in [-0.2, 0) is 13.1 Å². The fraction of sp³-hybridized carbons (Fsp3) is 0.250. The van der Waals surface area contributed by atoms with Crippen LogP contribution in [0.1, 0.15) is 11.4 Å². The van der Waals surface area contributed by atoms with Crippen LogP contribution in [0.4, 0.5) is 0 Å². The van der Waals surface area contributed by atoms with Crippen molar-refractivity contribution in [2.45, 2.75) is 33.0 Å². The van der Waals surface area contributed by atoms with Crippen molar-refractivity contribution in [1.29, 1.82) is 0 Å². The molecule has 0 spiro atoms. The Kier molecular flexibility index (Phi) is 4.67. The smallest absolute Gasteiger partial charge is 0.0914 e. The normalized spacial score (nSPS) is 13.0. The molecule has 2 aromatic carbocycles. The molecule has 4 rings (SSSR count). The Labute approximate surface area is 168 Å². The molecule has 4 aromatic rings. The molecular formula is C20H19Br2N3O. The first-order valence-corrected chi connectivity index (χ1v) is 10.1. The lowest BCUT2D eigenvalue weighted by Gasteiger charge is -2.15. The second-order valence-electron chi connectivity index (χ2n) is 6.70. The van der Waals surface area contributed by atoms with E-state index in [-0.39, 0.29) is 0 Å². The first kappa shape index (κ1) is 17.8. The third-order valence-electron chi connectivity index (χ3n) is 4.67. The number of aliphatic hydroxyl groups excluding tert-OH is 1. The highest BCUT2D eigenvalue weighted by Crippen LogP contribution is 2.33. The molecule has 0 bridgehead atoms. The average molecular weight is 477 g/mol. The number of aryl methyl sites for hydroxylation is 2. The van der Waals surface area contributed by atoms with Gasteiger partial charge in [0.05, 0.1) is 24.9 Å². The summed E-state index contributed by atoms with van der Waals surface area (Å²) in [6.07, 6.45) is -0.529. The third kappa shape index (κ3) is 3.21. The minimum atomic E-state index is -0.529. The number of rotatable bonds is 4. The van der Waals surface area contributed by atoms with E-state index >= 15 is 0 Å². The van der Waals surface area contributed by atoms with Gasteiger partial charge in [-0.2, -0.15) is 5.10 Å². The molecule has 0 fully saturated rings. The van der Waals surface area contributed by atoms with Crippen molar-refractivity contribution in [3.63, 3.8) is 0 Å². The molecule has 1 atom stereocenters. The van der Waals surface area contributed by atoms with Crippen LogP contribution in [0.25, 0.3) is 21.8 Å². The van der Waals surface area contributed by atoms with Gasteiger partial charge in [0, 0.05) is 36.4 Å². The van der Waals surface area contributed by atoms with E-state index in [0.717, 1.165) is 31.4 Å². The molecule has 26 heavy (non-hydrogen) atoms. The van der Waals surface area contributed by atoms with Gasteiger partial charge < -0.3 is 9.67 Å². The lowest BCUT2D eigenvalue weighted by atomic mass is 10.2. The van der Waals surface area contributed by atoms with Crippen molar-refractivity contribution in [3.05, 3.63) is 62.8 Å². The Morgan fingerprint density at radius 2 is 1.50 bits per heavy atom. The summed E-state index contributed by atoms with van der Waals surface area (Å²) in [6.45, 7) is 4.98. The van der Waals surface area contributed by atoms with Crippen molar-refractivity contribution >= 4 is 53.7 Å². The van der Waals surface area contributed by atoms with Crippen molar-refractivity contribution in [3.8, 4) is 0 Å². The highest BCUT2D eigenvalue weighted by molar-refractivity contribution is 9.10. The second kappa shape index (κ2) is 6.83. The molecule has 6 heteroatoms. The summed E-state index contributed by atoms with van der Waals surface area (Å²) in [5.41, 5.74) is 4.28. The Hall–Kier alpha value is -1.63. The van der Waals surface area contributed by atoms with Crippen LogP contribution in [0.5, 0.6) is 0 Å². The van der Waals surface area contributed by atoms with Crippen LogP contribution in [0.2, 0.25) is 0 Å². The summed E-state index contributed by atoms with van der Waals surface area (Å²) in [5, 5.41) is 17.5. The minimum Gasteiger partial charge on any atom is -0.389 e. The van der Waals surface area contributed by atoms with Crippen LogP contribution < -0.4 is 0 Å². The number of halogens is 2. The highest BCUT2D eigenvalue weighted by Gasteiger charge is 2.16. The van der Waals surface area contributed by atoms with E-state index in [1.807, 2.05) is 36.7 Å². The predicted octanol–water partition coefficient (Wildman–Crippen LogP) is 5.19. The first-order valence-electron chi connectivity index (χ1n) is 8.48. The van der Waals surface area contributed by atoms with Crippen LogP contribution in [0, 0.1) is 13.8 Å². The molecule has 4 nitrogen and oxygen atoms in total. The quantitative estimate of drug-likeness (QED) is 0.440. The van der Waals surface area contributed by atoms with Gasteiger partial charge in [-0.05, 0) is 56.3 Å². The van der Waals surface area contributed by atoms with Gasteiger partial charge in [0.15, 0.2) is 0 Å². The van der Waals surface area contributed by atoms with Gasteiger partial charge in [0.1, 0.15) is 0 Å². The topological polar surface area (TPSA) is 43.0 Å². The Morgan fingerprint density at radius 1 is 0.923 bits per heavy atom. The maximum Gasteiger partial charge on any atom is 0.0914 e. The molecule has 0 aliphatic carbocycles. The molecule has 0 saturated heterocycles. The van der Waals surface area contributed by atoms with E-state index < -0.39 is 6.10 Å². The number of aliphatic hydroxyl groups is 1. The van der Waals surface area contributed by atoms with E-state index in [1.54, 1.807) is 0 Å². The third-order valence-corrected chi connectivity index (χ3v) is 5.66. The molecular weight excluding hydrogens is 458 g/mol. The molecule has 0 radical (unpaired) electrons. The zero-order valence-corrected chi connectivity index (χ0v) is 17.7. The summed E-state index contributed by atoms with van der Waals surface area (Å²) in [7, 11) is 0. The number of hydrogen-bond donors (Lipinski definition) is 1. The Morgan fingerprint density at radius 3 is 2.00 bits per heavy atom. The van der Waals surface area contributed by atoms with Gasteiger partial charge >= 0.3 is 0 Å². The number of fused-ring (bicyclic) bond motifs is 3. The Balaban J connectivity index is 1.76. The van der Waals surface area contributed by atoms with Crippen LogP contribution in [-0.4, -0.2) is 25.6 Å². The van der Waals surface area contributed by atoms with E-state index in [2.05, 4.69) is 65.8 Å². The molecule has 0 aliphatic rings. The van der Waals surface area contributed by atoms with Gasteiger partial charge in [-0.15, -0.1) is 0 Å². The molecule has 0 amide bonds. The lowest BCUT2D eigenvalue weighted by Crippen LogP contribution is -2.23. The summed E-state index contributed by atoms with van der Waals surface area (Å²) >= 11 is 7.14. The summed E-state index contributed by atoms with van der Waals surface area (Å²) in [6, 6.07) is 14.6. The number of aromatic nitrogens is 3. The van der Waals surface area contributed by atoms with Crippen molar-refractivity contribution in [2.24, 2.45) is 0 Å². The molecule has 0 saturated carbocycles. The molecule has 134 valence electrons. The zero-order valence-electron chi connectivity index (χ0n) is 14.6. The predicted molar refractivity (Wildman–Crippen MR) is 113 cm³/mol. The number of hydrogen-bond acceptors (Lipinski definition) is 2. The van der Waals surface area contributed by atoms with E-state index in [1.165, 1.54) is 10.8 Å². The van der Waals surface area contributed by atoms with Gasteiger partial charge in [0.25, 0.3) is 0 Å². The zero-order chi connectivity index (χ0) is 18.4. The highest BCUT2D eigenvalue weighted by atomic mass is 79.9. The standard InChI is InChI=1S/C20H19Br2N3O/c1-12-7-13(2)25(23-12)11-16(26)10-24-19-5-3-14(21)8-17(19)18-9-15(22)4-6-20(18)24/h3-9,16,26H,10-11H2,1-2H3/t16-/m1/s1. The van der Waals surface area contributed by atoms with Crippen LogP contribution >= 0.6 is 31.9 Å². The largest absolute Gasteiger partial charge is 0.389 e. The average Bonchev–Trinajstić information content (AvgIpc) is 3.04. The number of nitrogens with zero attached hydrogens (tertiary/aromatic N) is 3. The summed E-state index contributed by atoms with van der Waals surface area (Å²) in [5.74, 6) is 0. The number of benzene rings is 2. The monoisotopic (exact) mass is 475 g/mol. The lowest BCUT2D eigenvalue weighted by molar-refractivity contribution is 0.132. The van der Waals surface area contributed by atoms with Crippen molar-refractivity contribution in [2.75, 3.05) is 0 Å². The van der Waals surface area contributed by atoms with Gasteiger partial charge in [0.2, 0.25) is 0 Å². The maximum atomic E-state index is 10.7. The van der Waals surface area contributed by atoms with E-state index in [0.29, 0.717) is 13.1 Å². The molecule has 1 N–H and O–H groups in total. The SMILES string of the molecule is Cc1cc(C)n(C[C@H](O)Cn2c3ccc(Br)cc3c3cc(Br)ccc32)n1. The van der Waals surface area contributed by atoms with Crippen molar-refractivity contribution in [1.82, 2.24) is 14.3 Å². The van der Waals surface area contributed by atoms with Gasteiger partial charge in [-0.1, -0.05) is 31.9 Å². The first-order chi connectivity index (χ1) is 12.4. The maximum absolute atomic E-state index is 10.7. The molecule has 0 unspecified atom stereocenters. The van der Waals surface area contributed by atoms with E-state index in [4.69, 9.17) is 0 Å². The summed E-state index contributed by atoms with van der Waals surface area (Å²) in [4.78, 5) is 0. The molecule has 2 heterocycles. The van der Waals surface area contributed by atoms with Gasteiger partial charge in [-0.3, -0.25) is 4.68 Å². The van der Waals surface area contributed by atoms with Crippen molar-refractivity contribution < 1.29 is 5.11 Å². The fourth-order valence-corrected chi connectivity index (χ4v) is 4.30. The summed E-state index contributed by atoms with van der Waals surface area (Å²) < 4.78 is 6.17. The minimum absolute atomic E-state index is 0.480. The van der Waals surface area contributed by atoms with Crippen LogP contribution in [0.15, 0.2) is 51.4 Å². The molecule has 2 aromatic heterocycles. The Bertz CT molecular complexity index is 1050.